The zero-order valence-electron chi connectivity index (χ0n) is 19.9. The first kappa shape index (κ1) is 21.8. The third kappa shape index (κ3) is 4.05. The Hall–Kier alpha value is -3.40. The van der Waals surface area contributed by atoms with Gasteiger partial charge in [0, 0.05) is 14.1 Å². The van der Waals surface area contributed by atoms with Crippen molar-refractivity contribution in [3.05, 3.63) is 94.9 Å². The molecule has 0 fully saturated rings. The Balaban J connectivity index is 2.16. The van der Waals surface area contributed by atoms with Crippen LogP contribution in [0.3, 0.4) is 0 Å². The summed E-state index contributed by atoms with van der Waals surface area (Å²) in [5, 5.41) is 0. The van der Waals surface area contributed by atoms with Crippen molar-refractivity contribution in [1.29, 1.82) is 0 Å². The van der Waals surface area contributed by atoms with Gasteiger partial charge in [0.1, 0.15) is 0 Å². The average molecular weight is 425 g/mol. The SMILES string of the molecule is CC(C)c1ccccc1N=c1c(=Nc2ccccc2C(C)C)n(C)c2ccccc2n1C. The molecule has 0 aliphatic carbocycles. The Morgan fingerprint density at radius 2 is 0.875 bits per heavy atom. The molecule has 0 radical (unpaired) electrons. The maximum atomic E-state index is 5.19. The van der Waals surface area contributed by atoms with Crippen molar-refractivity contribution in [2.24, 2.45) is 24.1 Å². The molecule has 0 aliphatic rings. The normalized spacial score (nSPS) is 13.0. The van der Waals surface area contributed by atoms with Crippen molar-refractivity contribution in [2.75, 3.05) is 0 Å². The molecule has 4 aromatic rings. The molecule has 3 aromatic carbocycles. The summed E-state index contributed by atoms with van der Waals surface area (Å²) in [5.41, 5.74) is 8.37. The van der Waals surface area contributed by atoms with E-state index in [-0.39, 0.29) is 0 Å². The van der Waals surface area contributed by atoms with Gasteiger partial charge in [0.15, 0.2) is 11.0 Å². The fraction of sp³-hybridized carbons (Fsp3) is 0.286. The smallest absolute Gasteiger partial charge is 0.177 e. The second-order valence-electron chi connectivity index (χ2n) is 8.90. The Morgan fingerprint density at radius 3 is 1.25 bits per heavy atom. The zero-order chi connectivity index (χ0) is 22.8. The Labute approximate surface area is 190 Å². The molecule has 0 unspecified atom stereocenters. The molecule has 164 valence electrons. The van der Waals surface area contributed by atoms with Crippen LogP contribution >= 0.6 is 0 Å². The van der Waals surface area contributed by atoms with Crippen molar-refractivity contribution in [3.8, 4) is 0 Å². The molecule has 4 rings (SSSR count). The molecular formula is C28H32N4. The van der Waals surface area contributed by atoms with Gasteiger partial charge >= 0.3 is 0 Å². The van der Waals surface area contributed by atoms with Crippen molar-refractivity contribution >= 4 is 22.4 Å². The minimum absolute atomic E-state index is 0.386. The molecule has 0 saturated heterocycles. The van der Waals surface area contributed by atoms with Gasteiger partial charge in [-0.2, -0.15) is 0 Å². The molecular weight excluding hydrogens is 392 g/mol. The third-order valence-electron chi connectivity index (χ3n) is 6.01. The van der Waals surface area contributed by atoms with E-state index in [1.165, 1.54) is 11.1 Å². The highest BCUT2D eigenvalue weighted by Gasteiger charge is 2.11. The number of hydrogen-bond donors (Lipinski definition) is 0. The highest BCUT2D eigenvalue weighted by atomic mass is 15.1. The summed E-state index contributed by atoms with van der Waals surface area (Å²) in [4.78, 5) is 10.4. The number of fused-ring (bicyclic) bond motifs is 1. The predicted octanol–water partition coefficient (Wildman–Crippen LogP) is 6.23. The number of hydrogen-bond acceptors (Lipinski definition) is 2. The van der Waals surface area contributed by atoms with Gasteiger partial charge in [-0.25, -0.2) is 9.98 Å². The summed E-state index contributed by atoms with van der Waals surface area (Å²) in [6.45, 7) is 8.83. The number of nitrogens with zero attached hydrogens (tertiary/aromatic N) is 4. The van der Waals surface area contributed by atoms with Crippen LogP contribution in [0.1, 0.15) is 50.7 Å². The first-order chi connectivity index (χ1) is 15.4. The van der Waals surface area contributed by atoms with E-state index < -0.39 is 0 Å². The molecule has 0 amide bonds. The summed E-state index contributed by atoms with van der Waals surface area (Å²) in [6.07, 6.45) is 0. The van der Waals surface area contributed by atoms with Crippen LogP contribution in [0.4, 0.5) is 11.4 Å². The number of aromatic nitrogens is 2. The van der Waals surface area contributed by atoms with Crippen LogP contribution in [0, 0.1) is 0 Å². The largest absolute Gasteiger partial charge is 0.325 e. The van der Waals surface area contributed by atoms with Crippen LogP contribution < -0.4 is 11.0 Å². The molecule has 0 bridgehead atoms. The van der Waals surface area contributed by atoms with E-state index in [9.17, 15) is 0 Å². The minimum atomic E-state index is 0.386. The summed E-state index contributed by atoms with van der Waals surface area (Å²) >= 11 is 0. The average Bonchev–Trinajstić information content (AvgIpc) is 2.80. The van der Waals surface area contributed by atoms with Gasteiger partial charge in [-0.1, -0.05) is 76.2 Å². The summed E-state index contributed by atoms with van der Waals surface area (Å²) in [6, 6.07) is 25.2. The van der Waals surface area contributed by atoms with Crippen LogP contribution in [-0.2, 0) is 14.1 Å². The third-order valence-corrected chi connectivity index (χ3v) is 6.01. The Kier molecular flexibility index (Phi) is 6.13. The van der Waals surface area contributed by atoms with E-state index in [4.69, 9.17) is 9.98 Å². The van der Waals surface area contributed by atoms with Crippen molar-refractivity contribution in [2.45, 2.75) is 39.5 Å². The molecule has 32 heavy (non-hydrogen) atoms. The second kappa shape index (κ2) is 8.99. The van der Waals surface area contributed by atoms with Gasteiger partial charge < -0.3 is 9.13 Å². The standard InChI is InChI=1S/C28H32N4/c1-19(2)21-13-7-9-15-23(21)29-27-28(30-24-16-10-8-14-22(24)20(3)4)32(6)26-18-12-11-17-25(26)31(27)5/h7-20H,1-6H3. The predicted molar refractivity (Wildman–Crippen MR) is 133 cm³/mol. The van der Waals surface area contributed by atoms with E-state index in [0.29, 0.717) is 11.8 Å². The fourth-order valence-electron chi connectivity index (χ4n) is 4.19. The lowest BCUT2D eigenvalue weighted by Crippen LogP contribution is -2.41. The van der Waals surface area contributed by atoms with Gasteiger partial charge in [-0.3, -0.25) is 0 Å². The van der Waals surface area contributed by atoms with Gasteiger partial charge in [0.25, 0.3) is 0 Å². The van der Waals surface area contributed by atoms with Gasteiger partial charge in [0.05, 0.1) is 22.4 Å². The Bertz CT molecular complexity index is 1290. The topological polar surface area (TPSA) is 34.6 Å². The maximum Gasteiger partial charge on any atom is 0.177 e. The van der Waals surface area contributed by atoms with Gasteiger partial charge in [-0.05, 0) is 47.2 Å². The molecule has 0 aliphatic heterocycles. The molecule has 1 aromatic heterocycles. The van der Waals surface area contributed by atoms with Crippen LogP contribution in [0.5, 0.6) is 0 Å². The lowest BCUT2D eigenvalue weighted by molar-refractivity contribution is 0.756. The Morgan fingerprint density at radius 1 is 0.531 bits per heavy atom. The number of para-hydroxylation sites is 4. The number of benzene rings is 3. The highest BCUT2D eigenvalue weighted by molar-refractivity contribution is 5.74. The van der Waals surface area contributed by atoms with E-state index in [1.807, 2.05) is 0 Å². The summed E-state index contributed by atoms with van der Waals surface area (Å²) in [5.74, 6) is 0.771. The highest BCUT2D eigenvalue weighted by Crippen LogP contribution is 2.27. The molecule has 1 heterocycles. The molecule has 0 saturated carbocycles. The van der Waals surface area contributed by atoms with E-state index in [2.05, 4.69) is 124 Å². The van der Waals surface area contributed by atoms with Crippen LogP contribution in [0.25, 0.3) is 11.0 Å². The fourth-order valence-corrected chi connectivity index (χ4v) is 4.19. The zero-order valence-corrected chi connectivity index (χ0v) is 19.9. The summed E-state index contributed by atoms with van der Waals surface area (Å²) in [7, 11) is 4.15. The number of aryl methyl sites for hydroxylation is 2. The molecule has 0 atom stereocenters. The first-order valence-corrected chi connectivity index (χ1v) is 11.3. The van der Waals surface area contributed by atoms with Gasteiger partial charge in [0.2, 0.25) is 0 Å². The lowest BCUT2D eigenvalue weighted by Gasteiger charge is -2.15. The van der Waals surface area contributed by atoms with Crippen molar-refractivity contribution in [1.82, 2.24) is 9.13 Å². The quantitative estimate of drug-likeness (QED) is 0.372. The number of rotatable bonds is 4. The van der Waals surface area contributed by atoms with E-state index >= 15 is 0 Å². The minimum Gasteiger partial charge on any atom is -0.325 e. The van der Waals surface area contributed by atoms with E-state index in [1.54, 1.807) is 0 Å². The van der Waals surface area contributed by atoms with Crippen molar-refractivity contribution in [3.63, 3.8) is 0 Å². The van der Waals surface area contributed by atoms with Crippen LogP contribution in [-0.4, -0.2) is 9.13 Å². The van der Waals surface area contributed by atoms with Crippen LogP contribution in [0.2, 0.25) is 0 Å². The van der Waals surface area contributed by atoms with E-state index in [0.717, 1.165) is 33.4 Å². The molecule has 4 heteroatoms. The first-order valence-electron chi connectivity index (χ1n) is 11.3. The molecule has 0 N–H and O–H groups in total. The maximum absolute atomic E-state index is 5.19. The lowest BCUT2D eigenvalue weighted by atomic mass is 10.0. The molecule has 4 nitrogen and oxygen atoms in total. The summed E-state index contributed by atoms with van der Waals surface area (Å²) < 4.78 is 4.31. The second-order valence-corrected chi connectivity index (χ2v) is 8.90. The molecule has 0 spiro atoms. The van der Waals surface area contributed by atoms with Gasteiger partial charge in [-0.15, -0.1) is 0 Å². The van der Waals surface area contributed by atoms with Crippen molar-refractivity contribution < 1.29 is 0 Å². The monoisotopic (exact) mass is 424 g/mol. The van der Waals surface area contributed by atoms with Crippen LogP contribution in [0.15, 0.2) is 82.8 Å².